The first-order valence-corrected chi connectivity index (χ1v) is 14.7. The summed E-state index contributed by atoms with van der Waals surface area (Å²) in [5, 5.41) is 11.2. The molecular formula is C27H25F3N6O3S2. The number of nitrogens with zero attached hydrogens (tertiary/aromatic N) is 6. The zero-order valence-electron chi connectivity index (χ0n) is 21.9. The first kappa shape index (κ1) is 28.7. The smallest absolute Gasteiger partial charge is 0.416 e. The number of alkyl halides is 3. The van der Waals surface area contributed by atoms with Gasteiger partial charge < -0.3 is 9.64 Å². The Bertz CT molecular complexity index is 1530. The molecule has 1 unspecified atom stereocenters. The maximum atomic E-state index is 13.5. The monoisotopic (exact) mass is 602 g/mol. The number of hydrogen-bond donors (Lipinski definition) is 0. The fourth-order valence-corrected chi connectivity index (χ4v) is 6.22. The summed E-state index contributed by atoms with van der Waals surface area (Å²) in [5.41, 5.74) is 0.398. The van der Waals surface area contributed by atoms with Crippen LogP contribution in [-0.2, 0) is 21.5 Å². The number of carbonyl (C=O) groups excluding carboxylic acids is 2. The van der Waals surface area contributed by atoms with Crippen LogP contribution in [0.5, 0.6) is 0 Å². The molecule has 0 saturated carbocycles. The summed E-state index contributed by atoms with van der Waals surface area (Å²) in [4.78, 5) is 35.4. The van der Waals surface area contributed by atoms with Crippen LogP contribution < -0.4 is 0 Å². The Morgan fingerprint density at radius 3 is 2.73 bits per heavy atom. The number of amides is 1. The number of likely N-dealkylation sites (tertiary alicyclic amines) is 1. The predicted octanol–water partition coefficient (Wildman–Crippen LogP) is 5.51. The molecule has 0 N–H and O–H groups in total. The van der Waals surface area contributed by atoms with Crippen LogP contribution in [0.2, 0.25) is 0 Å². The average Bonchev–Trinajstić information content (AvgIpc) is 3.63. The zero-order chi connectivity index (χ0) is 29.0. The van der Waals surface area contributed by atoms with Crippen LogP contribution in [-0.4, -0.2) is 61.2 Å². The number of rotatable bonds is 8. The number of ether oxygens (including phenoxy) is 1. The maximum Gasteiger partial charge on any atom is 0.416 e. The van der Waals surface area contributed by atoms with E-state index in [1.807, 2.05) is 0 Å². The molecule has 3 aromatic heterocycles. The van der Waals surface area contributed by atoms with Gasteiger partial charge in [0.15, 0.2) is 11.0 Å². The van der Waals surface area contributed by atoms with E-state index >= 15 is 0 Å². The standard InChI is InChI=1S/C27H25F3N6O3S2/c1-2-39-25(38)18-5-4-12-35(14-18)24(37)21-15-40-22(32-21)16-41-26-34-33-23(17-8-10-31-11-9-17)36(26)20-7-3-6-19(13-20)27(28,29)30/h3,6-11,13,15,18H,2,4-5,12,14,16H2,1H3. The van der Waals surface area contributed by atoms with Gasteiger partial charge in [-0.05, 0) is 50.1 Å². The van der Waals surface area contributed by atoms with Crippen molar-refractivity contribution in [1.29, 1.82) is 0 Å². The van der Waals surface area contributed by atoms with E-state index in [2.05, 4.69) is 20.2 Å². The summed E-state index contributed by atoms with van der Waals surface area (Å²) in [5.74, 6) is -0.213. The number of hydrogen-bond acceptors (Lipinski definition) is 9. The number of carbonyl (C=O) groups is 2. The second-order valence-electron chi connectivity index (χ2n) is 9.18. The lowest BCUT2D eigenvalue weighted by atomic mass is 9.98. The molecule has 1 atom stereocenters. The highest BCUT2D eigenvalue weighted by Crippen LogP contribution is 2.34. The lowest BCUT2D eigenvalue weighted by Crippen LogP contribution is -2.43. The predicted molar refractivity (Wildman–Crippen MR) is 147 cm³/mol. The second kappa shape index (κ2) is 12.4. The van der Waals surface area contributed by atoms with Crippen molar-refractivity contribution >= 4 is 35.0 Å². The van der Waals surface area contributed by atoms with Crippen molar-refractivity contribution in [1.82, 2.24) is 29.6 Å². The minimum atomic E-state index is -4.51. The summed E-state index contributed by atoms with van der Waals surface area (Å²) < 4.78 is 47.1. The lowest BCUT2D eigenvalue weighted by molar-refractivity contribution is -0.149. The fourth-order valence-electron chi connectivity index (χ4n) is 4.48. The molecule has 1 aliphatic rings. The van der Waals surface area contributed by atoms with Crippen molar-refractivity contribution in [3.63, 3.8) is 0 Å². The van der Waals surface area contributed by atoms with E-state index < -0.39 is 11.7 Å². The topological polar surface area (TPSA) is 103 Å². The average molecular weight is 603 g/mol. The van der Waals surface area contributed by atoms with Crippen molar-refractivity contribution < 1.29 is 27.5 Å². The van der Waals surface area contributed by atoms with Gasteiger partial charge in [-0.15, -0.1) is 21.5 Å². The summed E-state index contributed by atoms with van der Waals surface area (Å²) in [6.45, 7) is 2.87. The van der Waals surface area contributed by atoms with E-state index in [-0.39, 0.29) is 35.7 Å². The Balaban J connectivity index is 1.35. The maximum absolute atomic E-state index is 13.5. The Hall–Kier alpha value is -3.78. The number of benzene rings is 1. The van der Waals surface area contributed by atoms with E-state index in [4.69, 9.17) is 4.74 Å². The van der Waals surface area contributed by atoms with Gasteiger partial charge in [-0.3, -0.25) is 19.1 Å². The molecule has 4 heterocycles. The van der Waals surface area contributed by atoms with E-state index in [1.165, 1.54) is 29.2 Å². The number of halogens is 3. The third-order valence-corrected chi connectivity index (χ3v) is 8.40. The molecule has 9 nitrogen and oxygen atoms in total. The van der Waals surface area contributed by atoms with Gasteiger partial charge in [0.25, 0.3) is 5.91 Å². The Labute approximate surface area is 241 Å². The molecule has 1 aromatic carbocycles. The van der Waals surface area contributed by atoms with Crippen molar-refractivity contribution in [3.8, 4) is 17.1 Å². The van der Waals surface area contributed by atoms with Gasteiger partial charge in [-0.25, -0.2) is 4.98 Å². The van der Waals surface area contributed by atoms with Crippen molar-refractivity contribution in [2.75, 3.05) is 19.7 Å². The highest BCUT2D eigenvalue weighted by Gasteiger charge is 2.32. The number of esters is 1. The SMILES string of the molecule is CCOC(=O)C1CCCN(C(=O)c2csc(CSc3nnc(-c4ccncc4)n3-c3cccc(C(F)(F)F)c3)n2)C1. The molecule has 1 amide bonds. The van der Waals surface area contributed by atoms with Gasteiger partial charge >= 0.3 is 12.1 Å². The summed E-state index contributed by atoms with van der Waals surface area (Å²) >= 11 is 2.55. The summed E-state index contributed by atoms with van der Waals surface area (Å²) in [6.07, 6.45) is 0.00273. The zero-order valence-corrected chi connectivity index (χ0v) is 23.5. The molecule has 0 bridgehead atoms. The van der Waals surface area contributed by atoms with Gasteiger partial charge in [-0.1, -0.05) is 17.8 Å². The normalized spacial score (nSPS) is 15.6. The van der Waals surface area contributed by atoms with Crippen LogP contribution >= 0.6 is 23.1 Å². The van der Waals surface area contributed by atoms with Crippen LogP contribution in [0.4, 0.5) is 13.2 Å². The largest absolute Gasteiger partial charge is 0.466 e. The number of piperidine rings is 1. The van der Waals surface area contributed by atoms with E-state index in [9.17, 15) is 22.8 Å². The molecule has 4 aromatic rings. The lowest BCUT2D eigenvalue weighted by Gasteiger charge is -2.31. The van der Waals surface area contributed by atoms with Crippen LogP contribution in [0.25, 0.3) is 17.1 Å². The number of aromatic nitrogens is 5. The number of thioether (sulfide) groups is 1. The minimum Gasteiger partial charge on any atom is -0.466 e. The van der Waals surface area contributed by atoms with Crippen molar-refractivity contribution in [2.45, 2.75) is 36.9 Å². The third-order valence-electron chi connectivity index (χ3n) is 6.43. The number of thiazole rings is 1. The molecule has 1 saturated heterocycles. The third kappa shape index (κ3) is 6.59. The molecule has 0 radical (unpaired) electrons. The van der Waals surface area contributed by atoms with E-state index in [1.54, 1.807) is 52.4 Å². The van der Waals surface area contributed by atoms with Gasteiger partial charge in [0, 0.05) is 36.4 Å². The molecule has 0 spiro atoms. The molecule has 5 rings (SSSR count). The first-order valence-electron chi connectivity index (χ1n) is 12.8. The molecule has 0 aliphatic carbocycles. The van der Waals surface area contributed by atoms with Gasteiger partial charge in [0.2, 0.25) is 0 Å². The van der Waals surface area contributed by atoms with E-state index in [0.717, 1.165) is 12.1 Å². The van der Waals surface area contributed by atoms with Crippen LogP contribution in [0.1, 0.15) is 40.8 Å². The molecular weight excluding hydrogens is 577 g/mol. The Morgan fingerprint density at radius 2 is 1.98 bits per heavy atom. The van der Waals surface area contributed by atoms with Crippen LogP contribution in [0.3, 0.4) is 0 Å². The molecule has 1 aliphatic heterocycles. The van der Waals surface area contributed by atoms with Crippen LogP contribution in [0.15, 0.2) is 59.3 Å². The first-order chi connectivity index (χ1) is 19.7. The summed E-state index contributed by atoms with van der Waals surface area (Å²) in [7, 11) is 0. The fraction of sp³-hybridized carbons (Fsp3) is 0.333. The highest BCUT2D eigenvalue weighted by molar-refractivity contribution is 7.98. The highest BCUT2D eigenvalue weighted by atomic mass is 32.2. The molecule has 214 valence electrons. The molecule has 41 heavy (non-hydrogen) atoms. The van der Waals surface area contributed by atoms with Gasteiger partial charge in [-0.2, -0.15) is 13.2 Å². The Kier molecular flexibility index (Phi) is 8.68. The minimum absolute atomic E-state index is 0.251. The molecule has 1 fully saturated rings. The quantitative estimate of drug-likeness (QED) is 0.192. The van der Waals surface area contributed by atoms with Gasteiger partial charge in [0.1, 0.15) is 10.7 Å². The van der Waals surface area contributed by atoms with Crippen LogP contribution in [0, 0.1) is 5.92 Å². The second-order valence-corrected chi connectivity index (χ2v) is 11.1. The number of pyridine rings is 1. The molecule has 14 heteroatoms. The van der Waals surface area contributed by atoms with E-state index in [0.29, 0.717) is 53.3 Å². The summed E-state index contributed by atoms with van der Waals surface area (Å²) in [6, 6.07) is 8.38. The van der Waals surface area contributed by atoms with Crippen molar-refractivity contribution in [2.24, 2.45) is 5.92 Å². The van der Waals surface area contributed by atoms with Gasteiger partial charge in [0.05, 0.1) is 29.5 Å². The van der Waals surface area contributed by atoms with Crippen molar-refractivity contribution in [3.05, 3.63) is 70.4 Å². The Morgan fingerprint density at radius 1 is 1.17 bits per heavy atom.